The van der Waals surface area contributed by atoms with Gasteiger partial charge in [-0.25, -0.2) is 0 Å². The molecule has 1 fully saturated rings. The van der Waals surface area contributed by atoms with Crippen molar-refractivity contribution in [2.45, 2.75) is 10.6 Å². The molecule has 0 bridgehead atoms. The van der Waals surface area contributed by atoms with Crippen molar-refractivity contribution in [3.05, 3.63) is 28.8 Å². The average Bonchev–Trinajstić information content (AvgIpc) is 2.78. The molecule has 0 spiro atoms. The second-order valence-electron chi connectivity index (χ2n) is 3.64. The molecule has 4 nitrogen and oxygen atoms in total. The van der Waals surface area contributed by atoms with Crippen LogP contribution in [0, 0.1) is 0 Å². The van der Waals surface area contributed by atoms with E-state index >= 15 is 0 Å². The third-order valence-electron chi connectivity index (χ3n) is 2.54. The van der Waals surface area contributed by atoms with E-state index in [0.29, 0.717) is 17.3 Å². The lowest BCUT2D eigenvalue weighted by Gasteiger charge is -2.14. The summed E-state index contributed by atoms with van der Waals surface area (Å²) in [5.41, 5.74) is 0.883. The number of hydrogen-bond donors (Lipinski definition) is 2. The summed E-state index contributed by atoms with van der Waals surface area (Å²) in [4.78, 5) is 10.9. The highest BCUT2D eigenvalue weighted by Gasteiger charge is 2.32. The van der Waals surface area contributed by atoms with Crippen molar-refractivity contribution in [1.29, 1.82) is 0 Å². The minimum absolute atomic E-state index is 0.0928. The quantitative estimate of drug-likeness (QED) is 0.884. The largest absolute Gasteiger partial charge is 0.496 e. The summed E-state index contributed by atoms with van der Waals surface area (Å²) >= 11 is 7.30. The molecule has 1 aliphatic rings. The second-order valence-corrected chi connectivity index (χ2v) is 5.39. The highest BCUT2D eigenvalue weighted by Crippen LogP contribution is 2.40. The van der Waals surface area contributed by atoms with Crippen molar-refractivity contribution >= 4 is 29.3 Å². The van der Waals surface area contributed by atoms with E-state index in [0.717, 1.165) is 5.56 Å². The Morgan fingerprint density at radius 3 is 3.00 bits per heavy atom. The summed E-state index contributed by atoms with van der Waals surface area (Å²) in [6, 6.07) is 5.33. The molecule has 6 heteroatoms. The van der Waals surface area contributed by atoms with E-state index in [1.165, 1.54) is 11.8 Å². The van der Waals surface area contributed by atoms with Gasteiger partial charge in [-0.2, -0.15) is 0 Å². The Balaban J connectivity index is 2.23. The summed E-state index contributed by atoms with van der Waals surface area (Å²) in [5.74, 6) is -0.0866. The van der Waals surface area contributed by atoms with Gasteiger partial charge in [0.05, 0.1) is 12.5 Å². The summed E-state index contributed by atoms with van der Waals surface area (Å²) in [7, 11) is 1.58. The summed E-state index contributed by atoms with van der Waals surface area (Å²) < 4.78 is 5.25. The molecule has 0 amide bonds. The van der Waals surface area contributed by atoms with Gasteiger partial charge in [0, 0.05) is 17.1 Å². The van der Waals surface area contributed by atoms with Crippen LogP contribution in [0.15, 0.2) is 18.2 Å². The van der Waals surface area contributed by atoms with Gasteiger partial charge in [-0.3, -0.25) is 10.1 Å². The monoisotopic (exact) mass is 273 g/mol. The third-order valence-corrected chi connectivity index (χ3v) is 4.16. The molecule has 1 aliphatic heterocycles. The van der Waals surface area contributed by atoms with E-state index in [-0.39, 0.29) is 5.37 Å². The molecule has 2 N–H and O–H groups in total. The predicted molar refractivity (Wildman–Crippen MR) is 67.8 cm³/mol. The maximum atomic E-state index is 10.9. The fourth-order valence-electron chi connectivity index (χ4n) is 1.71. The number of carboxylic acids is 1. The van der Waals surface area contributed by atoms with Crippen molar-refractivity contribution in [2.24, 2.45) is 0 Å². The van der Waals surface area contributed by atoms with E-state index in [2.05, 4.69) is 5.32 Å². The van der Waals surface area contributed by atoms with E-state index in [1.807, 2.05) is 0 Å². The number of benzene rings is 1. The van der Waals surface area contributed by atoms with Crippen molar-refractivity contribution < 1.29 is 14.6 Å². The van der Waals surface area contributed by atoms with Gasteiger partial charge in [0.25, 0.3) is 0 Å². The first-order valence-corrected chi connectivity index (χ1v) is 6.39. The number of rotatable bonds is 3. The Kier molecular flexibility index (Phi) is 3.81. The van der Waals surface area contributed by atoms with Crippen LogP contribution in [0.25, 0.3) is 0 Å². The summed E-state index contributed by atoms with van der Waals surface area (Å²) in [6.07, 6.45) is 0. The number of thioether (sulfide) groups is 1. The molecule has 1 aromatic carbocycles. The number of halogens is 1. The lowest BCUT2D eigenvalue weighted by atomic mass is 10.2. The van der Waals surface area contributed by atoms with E-state index in [4.69, 9.17) is 21.4 Å². The van der Waals surface area contributed by atoms with Crippen LogP contribution in [-0.4, -0.2) is 30.0 Å². The number of ether oxygens (including phenoxy) is 1. The third kappa shape index (κ3) is 2.68. The standard InChI is InChI=1S/C11H12ClNO3S/c1-16-8-3-2-6(12)4-7(8)10-13-5-9(17-10)11(14)15/h2-4,9-10,13H,5H2,1H3,(H,14,15)/t9-,10-/m1/s1. The van der Waals surface area contributed by atoms with Crippen molar-refractivity contribution in [3.63, 3.8) is 0 Å². The zero-order chi connectivity index (χ0) is 12.4. The molecule has 0 saturated carbocycles. The summed E-state index contributed by atoms with van der Waals surface area (Å²) in [6.45, 7) is 0.445. The first-order chi connectivity index (χ1) is 8.11. The molecule has 0 aromatic heterocycles. The molecule has 0 aliphatic carbocycles. The van der Waals surface area contributed by atoms with Crippen LogP contribution in [0.5, 0.6) is 5.75 Å². The highest BCUT2D eigenvalue weighted by atomic mass is 35.5. The van der Waals surface area contributed by atoms with Gasteiger partial charge in [0.2, 0.25) is 0 Å². The van der Waals surface area contributed by atoms with Gasteiger partial charge >= 0.3 is 5.97 Å². The number of nitrogens with one attached hydrogen (secondary N) is 1. The van der Waals surface area contributed by atoms with Crippen LogP contribution in [0.1, 0.15) is 10.9 Å². The zero-order valence-electron chi connectivity index (χ0n) is 9.14. The van der Waals surface area contributed by atoms with Gasteiger partial charge in [-0.15, -0.1) is 11.8 Å². The van der Waals surface area contributed by atoms with Crippen LogP contribution < -0.4 is 10.1 Å². The Hall–Kier alpha value is -0.910. The smallest absolute Gasteiger partial charge is 0.318 e. The van der Waals surface area contributed by atoms with Gasteiger partial charge in [-0.05, 0) is 18.2 Å². The molecule has 2 atom stereocenters. The Morgan fingerprint density at radius 2 is 2.41 bits per heavy atom. The van der Waals surface area contributed by atoms with Crippen LogP contribution in [0.4, 0.5) is 0 Å². The van der Waals surface area contributed by atoms with Crippen molar-refractivity contribution in [2.75, 3.05) is 13.7 Å². The molecule has 1 saturated heterocycles. The van der Waals surface area contributed by atoms with Gasteiger partial charge in [-0.1, -0.05) is 11.6 Å². The fourth-order valence-corrected chi connectivity index (χ4v) is 3.05. The molecule has 2 rings (SSSR count). The number of methoxy groups -OCH3 is 1. The molecular formula is C11H12ClNO3S. The van der Waals surface area contributed by atoms with Crippen LogP contribution in [-0.2, 0) is 4.79 Å². The minimum Gasteiger partial charge on any atom is -0.496 e. The average molecular weight is 274 g/mol. The van der Waals surface area contributed by atoms with Crippen molar-refractivity contribution in [1.82, 2.24) is 5.32 Å². The zero-order valence-corrected chi connectivity index (χ0v) is 10.7. The molecule has 92 valence electrons. The van der Waals surface area contributed by atoms with Crippen LogP contribution in [0.2, 0.25) is 5.02 Å². The van der Waals surface area contributed by atoms with E-state index < -0.39 is 11.2 Å². The Labute approximate surface area is 108 Å². The number of aliphatic carboxylic acids is 1. The van der Waals surface area contributed by atoms with E-state index in [9.17, 15) is 4.79 Å². The first-order valence-electron chi connectivity index (χ1n) is 5.07. The predicted octanol–water partition coefficient (Wildman–Crippen LogP) is 2.14. The molecule has 17 heavy (non-hydrogen) atoms. The van der Waals surface area contributed by atoms with E-state index in [1.54, 1.807) is 25.3 Å². The molecule has 0 radical (unpaired) electrons. The maximum Gasteiger partial charge on any atom is 0.318 e. The molecule has 1 aromatic rings. The topological polar surface area (TPSA) is 58.6 Å². The second kappa shape index (κ2) is 5.16. The highest BCUT2D eigenvalue weighted by molar-refractivity contribution is 8.01. The lowest BCUT2D eigenvalue weighted by Crippen LogP contribution is -2.21. The van der Waals surface area contributed by atoms with Gasteiger partial charge in [0.15, 0.2) is 0 Å². The molecule has 1 heterocycles. The van der Waals surface area contributed by atoms with Crippen molar-refractivity contribution in [3.8, 4) is 5.75 Å². The van der Waals surface area contributed by atoms with Crippen LogP contribution >= 0.6 is 23.4 Å². The Bertz CT molecular complexity index is 441. The maximum absolute atomic E-state index is 10.9. The normalized spacial score (nSPS) is 23.6. The molecule has 0 unspecified atom stereocenters. The lowest BCUT2D eigenvalue weighted by molar-refractivity contribution is -0.136. The van der Waals surface area contributed by atoms with Gasteiger partial charge in [0.1, 0.15) is 11.0 Å². The van der Waals surface area contributed by atoms with Crippen LogP contribution in [0.3, 0.4) is 0 Å². The summed E-state index contributed by atoms with van der Waals surface area (Å²) in [5, 5.41) is 12.2. The first kappa shape index (κ1) is 12.5. The minimum atomic E-state index is -0.800. The number of carboxylic acid groups (broad SMARTS) is 1. The fraction of sp³-hybridized carbons (Fsp3) is 0.364. The van der Waals surface area contributed by atoms with Gasteiger partial charge < -0.3 is 9.84 Å². The number of carbonyl (C=O) groups is 1. The SMILES string of the molecule is COc1ccc(Cl)cc1[C@@H]1NC[C@H](C(=O)O)S1. The Morgan fingerprint density at radius 1 is 1.65 bits per heavy atom. The molecular weight excluding hydrogens is 262 g/mol. The number of hydrogen-bond acceptors (Lipinski definition) is 4.